The second-order valence-electron chi connectivity index (χ2n) is 8.66. The third kappa shape index (κ3) is 3.94. The van der Waals surface area contributed by atoms with Gasteiger partial charge in [-0.1, -0.05) is 0 Å². The van der Waals surface area contributed by atoms with Crippen molar-refractivity contribution in [3.8, 4) is 0 Å². The highest BCUT2D eigenvalue weighted by atomic mass is 19.3. The zero-order valence-corrected chi connectivity index (χ0v) is 17.8. The molecule has 170 valence electrons. The number of nitrogens with zero attached hydrogens (tertiary/aromatic N) is 4. The molecule has 2 aliphatic heterocycles. The molecule has 5 rings (SSSR count). The van der Waals surface area contributed by atoms with Gasteiger partial charge in [-0.25, -0.2) is 18.3 Å². The van der Waals surface area contributed by atoms with Crippen molar-refractivity contribution in [2.75, 3.05) is 26.7 Å². The van der Waals surface area contributed by atoms with Gasteiger partial charge in [-0.3, -0.25) is 4.79 Å². The van der Waals surface area contributed by atoms with Gasteiger partial charge in [0.15, 0.2) is 5.65 Å². The first-order chi connectivity index (χ1) is 15.4. The first kappa shape index (κ1) is 20.9. The Hall–Kier alpha value is -3.01. The van der Waals surface area contributed by atoms with Crippen LogP contribution in [0.15, 0.2) is 47.8 Å². The van der Waals surface area contributed by atoms with Crippen molar-refractivity contribution >= 4 is 11.6 Å². The van der Waals surface area contributed by atoms with Gasteiger partial charge in [-0.2, -0.15) is 5.10 Å². The van der Waals surface area contributed by atoms with E-state index >= 15 is 0 Å². The standard InChI is InChI=1S/C22H25F2N5O3/c1-28-7-3-22(4-8-28)11-14-9-16(18(10-17(14)32-22)31-13-19(23)24)27-21(30)15-12-26-29-6-2-5-25-20(15)29/h2,5-6,10,12,16,19H,3-4,7-9,11,13H2,1H3,(H,27,30). The molecule has 32 heavy (non-hydrogen) atoms. The molecule has 1 unspecified atom stereocenters. The van der Waals surface area contributed by atoms with Gasteiger partial charge in [-0.05, 0) is 25.1 Å². The average molecular weight is 445 g/mol. The molecule has 1 saturated heterocycles. The van der Waals surface area contributed by atoms with Gasteiger partial charge in [-0.15, -0.1) is 0 Å². The van der Waals surface area contributed by atoms with Crippen LogP contribution in [0, 0.1) is 0 Å². The summed E-state index contributed by atoms with van der Waals surface area (Å²) in [5.74, 6) is 0.598. The van der Waals surface area contributed by atoms with Crippen LogP contribution < -0.4 is 5.32 Å². The Balaban J connectivity index is 1.36. The maximum atomic E-state index is 13.0. The van der Waals surface area contributed by atoms with Gasteiger partial charge in [0.2, 0.25) is 0 Å². The summed E-state index contributed by atoms with van der Waals surface area (Å²) in [6.45, 7) is 1.15. The van der Waals surface area contributed by atoms with E-state index in [-0.39, 0.29) is 17.3 Å². The first-order valence-corrected chi connectivity index (χ1v) is 10.7. The number of halogens is 2. The fourth-order valence-corrected chi connectivity index (χ4v) is 4.65. The molecule has 1 amide bonds. The Morgan fingerprint density at radius 1 is 1.41 bits per heavy atom. The number of fused-ring (bicyclic) bond motifs is 1. The van der Waals surface area contributed by atoms with E-state index in [2.05, 4.69) is 27.3 Å². The molecule has 0 bridgehead atoms. The van der Waals surface area contributed by atoms with Crippen LogP contribution in [0.4, 0.5) is 8.78 Å². The van der Waals surface area contributed by atoms with E-state index in [0.717, 1.165) is 37.9 Å². The molecule has 0 radical (unpaired) electrons. The minimum absolute atomic E-state index is 0.257. The van der Waals surface area contributed by atoms with E-state index in [0.29, 0.717) is 23.4 Å². The summed E-state index contributed by atoms with van der Waals surface area (Å²) in [7, 11) is 2.09. The number of hydrogen-bond acceptors (Lipinski definition) is 6. The highest BCUT2D eigenvalue weighted by molar-refractivity contribution is 5.99. The Morgan fingerprint density at radius 2 is 2.22 bits per heavy atom. The summed E-state index contributed by atoms with van der Waals surface area (Å²) >= 11 is 0. The molecule has 1 fully saturated rings. The molecule has 1 N–H and O–H groups in total. The van der Waals surface area contributed by atoms with Crippen LogP contribution in [0.1, 0.15) is 36.0 Å². The molecular formula is C22H25F2N5O3. The lowest BCUT2D eigenvalue weighted by atomic mass is 9.84. The van der Waals surface area contributed by atoms with E-state index in [9.17, 15) is 13.6 Å². The number of nitrogens with one attached hydrogen (secondary N) is 1. The van der Waals surface area contributed by atoms with Crippen LogP contribution in [-0.2, 0) is 9.47 Å². The average Bonchev–Trinajstić information content (AvgIpc) is 3.35. The highest BCUT2D eigenvalue weighted by Crippen LogP contribution is 2.45. The quantitative estimate of drug-likeness (QED) is 0.762. The molecule has 1 aliphatic carbocycles. The largest absolute Gasteiger partial charge is 0.490 e. The summed E-state index contributed by atoms with van der Waals surface area (Å²) in [5, 5.41) is 7.07. The third-order valence-corrected chi connectivity index (χ3v) is 6.38. The maximum Gasteiger partial charge on any atom is 0.272 e. The summed E-state index contributed by atoms with van der Waals surface area (Å²) in [5.41, 5.74) is 1.57. The molecule has 0 aromatic carbocycles. The number of rotatable bonds is 5. The van der Waals surface area contributed by atoms with Gasteiger partial charge in [0.25, 0.3) is 12.3 Å². The number of likely N-dealkylation sites (tertiary alicyclic amines) is 1. The number of hydrogen-bond donors (Lipinski definition) is 1. The molecule has 3 aliphatic rings. The van der Waals surface area contributed by atoms with Gasteiger partial charge in [0.1, 0.15) is 29.3 Å². The molecule has 10 heteroatoms. The summed E-state index contributed by atoms with van der Waals surface area (Å²) in [6.07, 6.45) is 6.83. The molecule has 2 aromatic rings. The summed E-state index contributed by atoms with van der Waals surface area (Å²) in [4.78, 5) is 19.5. The number of alkyl halides is 2. The van der Waals surface area contributed by atoms with Crippen molar-refractivity contribution in [1.29, 1.82) is 0 Å². The predicted molar refractivity (Wildman–Crippen MR) is 111 cm³/mol. The number of allylic oxidation sites excluding steroid dienone is 1. The van der Waals surface area contributed by atoms with Gasteiger partial charge < -0.3 is 19.7 Å². The lowest BCUT2D eigenvalue weighted by Crippen LogP contribution is -2.42. The fourth-order valence-electron chi connectivity index (χ4n) is 4.65. The minimum Gasteiger partial charge on any atom is -0.490 e. The van der Waals surface area contributed by atoms with Crippen molar-refractivity contribution in [2.45, 2.75) is 43.8 Å². The molecule has 8 nitrogen and oxygen atoms in total. The Bertz CT molecular complexity index is 1090. The molecular weight excluding hydrogens is 420 g/mol. The second kappa shape index (κ2) is 8.16. The zero-order valence-electron chi connectivity index (χ0n) is 17.8. The molecule has 1 spiro atoms. The lowest BCUT2D eigenvalue weighted by Gasteiger charge is -2.37. The number of amides is 1. The SMILES string of the molecule is CN1CCC2(CC1)CC1=C(C=C(OCC(F)F)C(NC(=O)c3cnn4cccnc34)C1)O2. The number of carbonyl (C=O) groups is 1. The smallest absolute Gasteiger partial charge is 0.272 e. The number of piperidine rings is 1. The number of ether oxygens (including phenoxy) is 2. The second-order valence-corrected chi connectivity index (χ2v) is 8.66. The topological polar surface area (TPSA) is 81.0 Å². The number of aromatic nitrogens is 3. The predicted octanol–water partition coefficient (Wildman–Crippen LogP) is 2.54. The van der Waals surface area contributed by atoms with Crippen molar-refractivity contribution in [1.82, 2.24) is 24.8 Å². The van der Waals surface area contributed by atoms with E-state index in [1.165, 1.54) is 10.7 Å². The fraction of sp³-hybridized carbons (Fsp3) is 0.500. The normalized spacial score (nSPS) is 22.8. The van der Waals surface area contributed by atoms with Crippen LogP contribution >= 0.6 is 0 Å². The minimum atomic E-state index is -2.61. The van der Waals surface area contributed by atoms with E-state index in [1.54, 1.807) is 24.5 Å². The van der Waals surface area contributed by atoms with Gasteiger partial charge in [0.05, 0.1) is 12.2 Å². The zero-order chi connectivity index (χ0) is 22.3. The maximum absolute atomic E-state index is 13.0. The van der Waals surface area contributed by atoms with Crippen molar-refractivity contribution < 1.29 is 23.0 Å². The van der Waals surface area contributed by atoms with E-state index in [1.807, 2.05) is 0 Å². The summed E-state index contributed by atoms with van der Waals surface area (Å²) in [6, 6.07) is 1.15. The van der Waals surface area contributed by atoms with Gasteiger partial charge in [0, 0.05) is 50.8 Å². The Kier molecular flexibility index (Phi) is 5.32. The van der Waals surface area contributed by atoms with Crippen LogP contribution in [0.5, 0.6) is 0 Å². The monoisotopic (exact) mass is 445 g/mol. The Morgan fingerprint density at radius 3 is 3.00 bits per heavy atom. The van der Waals surface area contributed by atoms with Crippen molar-refractivity contribution in [3.63, 3.8) is 0 Å². The lowest BCUT2D eigenvalue weighted by molar-refractivity contribution is -0.0198. The first-order valence-electron chi connectivity index (χ1n) is 10.7. The number of carbonyl (C=O) groups excluding carboxylic acids is 1. The van der Waals surface area contributed by atoms with E-state index in [4.69, 9.17) is 9.47 Å². The van der Waals surface area contributed by atoms with Crippen LogP contribution in [0.3, 0.4) is 0 Å². The van der Waals surface area contributed by atoms with Crippen molar-refractivity contribution in [3.05, 3.63) is 53.4 Å². The highest BCUT2D eigenvalue weighted by Gasteiger charge is 2.44. The Labute approximate surface area is 183 Å². The van der Waals surface area contributed by atoms with Crippen molar-refractivity contribution in [2.24, 2.45) is 0 Å². The van der Waals surface area contributed by atoms with E-state index < -0.39 is 19.1 Å². The molecule has 4 heterocycles. The van der Waals surface area contributed by atoms with Crippen LogP contribution in [0.25, 0.3) is 5.65 Å². The molecule has 0 saturated carbocycles. The van der Waals surface area contributed by atoms with Gasteiger partial charge >= 0.3 is 0 Å². The van der Waals surface area contributed by atoms with Crippen LogP contribution in [-0.4, -0.2) is 70.2 Å². The molecule has 1 atom stereocenters. The third-order valence-electron chi connectivity index (χ3n) is 6.38. The molecule has 2 aromatic heterocycles. The summed E-state index contributed by atoms with van der Waals surface area (Å²) < 4.78 is 39.0. The van der Waals surface area contributed by atoms with Crippen LogP contribution in [0.2, 0.25) is 0 Å².